The topological polar surface area (TPSA) is 55.4 Å². The lowest BCUT2D eigenvalue weighted by molar-refractivity contribution is -0.116. The van der Waals surface area contributed by atoms with Gasteiger partial charge in [-0.2, -0.15) is 0 Å². The summed E-state index contributed by atoms with van der Waals surface area (Å²) in [6, 6.07) is 5.83. The zero-order chi connectivity index (χ0) is 17.4. The summed E-state index contributed by atoms with van der Waals surface area (Å²) in [7, 11) is -0.707. The summed E-state index contributed by atoms with van der Waals surface area (Å²) < 4.78 is 18.0. The number of amides is 1. The monoisotopic (exact) mass is 351 g/mol. The Kier molecular flexibility index (Phi) is 7.76. The van der Waals surface area contributed by atoms with E-state index in [0.29, 0.717) is 18.3 Å². The molecule has 0 radical (unpaired) electrons. The molecule has 2 atom stereocenters. The Hall–Kier alpha value is -1.36. The van der Waals surface area contributed by atoms with Gasteiger partial charge in [0.2, 0.25) is 5.91 Å². The normalized spacial score (nSPS) is 16.2. The smallest absolute Gasteiger partial charge is 0.224 e. The van der Waals surface area contributed by atoms with Crippen LogP contribution in [0.4, 0.5) is 5.69 Å². The number of carbonyl (C=O) groups excluding carboxylic acids is 1. The molecule has 1 N–H and O–H groups in total. The quantitative estimate of drug-likeness (QED) is 0.647. The predicted molar refractivity (Wildman–Crippen MR) is 100 cm³/mol. The summed E-state index contributed by atoms with van der Waals surface area (Å²) in [6.07, 6.45) is 6.34. The fraction of sp³-hybridized carbons (Fsp3) is 0.632. The maximum absolute atomic E-state index is 12.2. The second-order valence-corrected chi connectivity index (χ2v) is 8.16. The molecule has 24 heavy (non-hydrogen) atoms. The first kappa shape index (κ1) is 19.0. The van der Waals surface area contributed by atoms with Crippen LogP contribution in [0.2, 0.25) is 0 Å². The Morgan fingerprint density at radius 3 is 2.83 bits per heavy atom. The lowest BCUT2D eigenvalue weighted by Crippen LogP contribution is -2.18. The molecule has 1 aliphatic rings. The molecule has 2 unspecified atom stereocenters. The Labute approximate surface area is 147 Å². The first-order valence-electron chi connectivity index (χ1n) is 9.06. The molecule has 0 bridgehead atoms. The Morgan fingerprint density at radius 1 is 1.25 bits per heavy atom. The fourth-order valence-electron chi connectivity index (χ4n) is 3.00. The van der Waals surface area contributed by atoms with E-state index in [1.165, 1.54) is 0 Å². The van der Waals surface area contributed by atoms with Crippen LogP contribution in [0.5, 0.6) is 5.75 Å². The van der Waals surface area contributed by atoms with E-state index in [-0.39, 0.29) is 5.91 Å². The minimum atomic E-state index is -0.707. The number of anilines is 1. The number of fused-ring (bicyclic) bond motifs is 1. The van der Waals surface area contributed by atoms with Crippen molar-refractivity contribution in [3.63, 3.8) is 0 Å². The standard InChI is InChI=1S/C19H29NO3S/c1-3-7-17(4-2)24(22)13-6-5-12-23-16-9-10-18-15(14-16)8-11-19(21)20-18/h9-10,14,17H,3-8,11-13H2,1-2H3,(H,20,21). The van der Waals surface area contributed by atoms with Crippen molar-refractivity contribution in [3.8, 4) is 5.75 Å². The number of benzene rings is 1. The Morgan fingerprint density at radius 2 is 2.08 bits per heavy atom. The average Bonchev–Trinajstić information content (AvgIpc) is 2.59. The summed E-state index contributed by atoms with van der Waals surface area (Å²) in [5.41, 5.74) is 2.04. The lowest BCUT2D eigenvalue weighted by Gasteiger charge is -2.17. The van der Waals surface area contributed by atoms with Gasteiger partial charge in [0.1, 0.15) is 5.75 Å². The fourth-order valence-corrected chi connectivity index (χ4v) is 4.69. The van der Waals surface area contributed by atoms with Crippen LogP contribution in [0.15, 0.2) is 18.2 Å². The van der Waals surface area contributed by atoms with Gasteiger partial charge in [0.05, 0.1) is 6.61 Å². The van der Waals surface area contributed by atoms with Gasteiger partial charge < -0.3 is 10.1 Å². The molecule has 0 saturated heterocycles. The summed E-state index contributed by atoms with van der Waals surface area (Å²) in [5, 5.41) is 3.23. The average molecular weight is 352 g/mol. The van der Waals surface area contributed by atoms with Crippen molar-refractivity contribution in [1.29, 1.82) is 0 Å². The van der Waals surface area contributed by atoms with Crippen LogP contribution in [0.3, 0.4) is 0 Å². The van der Waals surface area contributed by atoms with Crippen LogP contribution in [-0.4, -0.2) is 27.7 Å². The second kappa shape index (κ2) is 9.82. The van der Waals surface area contributed by atoms with Crippen LogP contribution < -0.4 is 10.1 Å². The van der Waals surface area contributed by atoms with Crippen molar-refractivity contribution in [1.82, 2.24) is 0 Å². The van der Waals surface area contributed by atoms with Crippen molar-refractivity contribution in [2.75, 3.05) is 17.7 Å². The van der Waals surface area contributed by atoms with E-state index >= 15 is 0 Å². The highest BCUT2D eigenvalue weighted by Gasteiger charge is 2.15. The molecule has 1 aliphatic heterocycles. The largest absolute Gasteiger partial charge is 0.494 e. The summed E-state index contributed by atoms with van der Waals surface area (Å²) in [4.78, 5) is 11.4. The molecule has 1 heterocycles. The molecule has 1 aromatic carbocycles. The van der Waals surface area contributed by atoms with Gasteiger partial charge in [-0.1, -0.05) is 20.3 Å². The summed E-state index contributed by atoms with van der Waals surface area (Å²) in [6.45, 7) is 4.92. The van der Waals surface area contributed by atoms with E-state index in [0.717, 1.165) is 61.3 Å². The first-order chi connectivity index (χ1) is 11.6. The number of hydrogen-bond acceptors (Lipinski definition) is 3. The van der Waals surface area contributed by atoms with Crippen LogP contribution >= 0.6 is 0 Å². The number of nitrogens with one attached hydrogen (secondary N) is 1. The van der Waals surface area contributed by atoms with E-state index in [2.05, 4.69) is 19.2 Å². The third-order valence-electron chi connectivity index (χ3n) is 4.42. The number of hydrogen-bond donors (Lipinski definition) is 1. The van der Waals surface area contributed by atoms with Gasteiger partial charge in [0.15, 0.2) is 0 Å². The van der Waals surface area contributed by atoms with Crippen molar-refractivity contribution >= 4 is 22.4 Å². The number of aryl methyl sites for hydroxylation is 1. The Bertz CT molecular complexity index is 574. The highest BCUT2D eigenvalue weighted by molar-refractivity contribution is 7.85. The van der Waals surface area contributed by atoms with Gasteiger partial charge in [0, 0.05) is 33.9 Å². The molecule has 0 fully saturated rings. The molecule has 1 amide bonds. The maximum atomic E-state index is 12.2. The zero-order valence-corrected chi connectivity index (χ0v) is 15.6. The minimum Gasteiger partial charge on any atom is -0.494 e. The van der Waals surface area contributed by atoms with E-state index in [9.17, 15) is 9.00 Å². The number of carbonyl (C=O) groups is 1. The molecule has 2 rings (SSSR count). The van der Waals surface area contributed by atoms with Crippen molar-refractivity contribution in [2.45, 2.75) is 64.0 Å². The summed E-state index contributed by atoms with van der Waals surface area (Å²) in [5.74, 6) is 1.71. The van der Waals surface area contributed by atoms with Crippen molar-refractivity contribution in [3.05, 3.63) is 23.8 Å². The number of rotatable bonds is 10. The third kappa shape index (κ3) is 5.62. The molecule has 0 saturated carbocycles. The summed E-state index contributed by atoms with van der Waals surface area (Å²) >= 11 is 0. The van der Waals surface area contributed by atoms with Crippen LogP contribution in [0, 0.1) is 0 Å². The van der Waals surface area contributed by atoms with E-state index in [4.69, 9.17) is 4.74 Å². The SMILES string of the molecule is CCCC(CC)S(=O)CCCCOc1ccc2c(c1)CCC(=O)N2. The van der Waals surface area contributed by atoms with Gasteiger partial charge in [-0.15, -0.1) is 0 Å². The predicted octanol–water partition coefficient (Wildman–Crippen LogP) is 4.06. The molecular weight excluding hydrogens is 322 g/mol. The van der Waals surface area contributed by atoms with Gasteiger partial charge in [-0.25, -0.2) is 0 Å². The van der Waals surface area contributed by atoms with Gasteiger partial charge >= 0.3 is 0 Å². The van der Waals surface area contributed by atoms with Crippen molar-refractivity contribution in [2.24, 2.45) is 0 Å². The van der Waals surface area contributed by atoms with Crippen LogP contribution in [0.25, 0.3) is 0 Å². The molecule has 0 aromatic heterocycles. The van der Waals surface area contributed by atoms with Crippen LogP contribution in [-0.2, 0) is 22.0 Å². The van der Waals surface area contributed by atoms with E-state index in [1.807, 2.05) is 18.2 Å². The molecule has 134 valence electrons. The van der Waals surface area contributed by atoms with E-state index in [1.54, 1.807) is 0 Å². The molecule has 1 aromatic rings. The molecular formula is C19H29NO3S. The van der Waals surface area contributed by atoms with Crippen molar-refractivity contribution < 1.29 is 13.7 Å². The third-order valence-corrected chi connectivity index (χ3v) is 6.42. The highest BCUT2D eigenvalue weighted by atomic mass is 32.2. The Balaban J connectivity index is 1.69. The molecule has 0 aliphatic carbocycles. The van der Waals surface area contributed by atoms with Crippen LogP contribution in [0.1, 0.15) is 57.9 Å². The molecule has 5 heteroatoms. The molecule has 0 spiro atoms. The number of ether oxygens (including phenoxy) is 1. The van der Waals surface area contributed by atoms with Gasteiger partial charge in [0.25, 0.3) is 0 Å². The first-order valence-corrected chi connectivity index (χ1v) is 10.4. The second-order valence-electron chi connectivity index (χ2n) is 6.33. The van der Waals surface area contributed by atoms with Gasteiger partial charge in [-0.05, 0) is 55.9 Å². The minimum absolute atomic E-state index is 0.0811. The zero-order valence-electron chi connectivity index (χ0n) is 14.8. The lowest BCUT2D eigenvalue weighted by atomic mass is 10.0. The maximum Gasteiger partial charge on any atom is 0.224 e. The van der Waals surface area contributed by atoms with E-state index < -0.39 is 10.8 Å². The number of unbranched alkanes of at least 4 members (excludes halogenated alkanes) is 1. The molecule has 4 nitrogen and oxygen atoms in total. The van der Waals surface area contributed by atoms with Gasteiger partial charge in [-0.3, -0.25) is 9.00 Å². The highest BCUT2D eigenvalue weighted by Crippen LogP contribution is 2.26.